The number of benzene rings is 2. The second-order valence-corrected chi connectivity index (χ2v) is 4.40. The van der Waals surface area contributed by atoms with Crippen molar-refractivity contribution < 1.29 is 9.15 Å². The van der Waals surface area contributed by atoms with E-state index >= 15 is 0 Å². The molecule has 1 aromatic heterocycles. The van der Waals surface area contributed by atoms with Crippen LogP contribution < -0.4 is 10.5 Å². The van der Waals surface area contributed by atoms with E-state index in [4.69, 9.17) is 14.9 Å². The third-order valence-electron chi connectivity index (χ3n) is 3.12. The smallest absolute Gasteiger partial charge is 0.227 e. The first kappa shape index (κ1) is 11.6. The molecule has 96 valence electrons. The van der Waals surface area contributed by atoms with Crippen molar-refractivity contribution in [1.82, 2.24) is 4.98 Å². The molecule has 0 radical (unpaired) electrons. The largest absolute Gasteiger partial charge is 0.494 e. The van der Waals surface area contributed by atoms with Gasteiger partial charge < -0.3 is 14.9 Å². The molecule has 0 aliphatic carbocycles. The Kier molecular flexibility index (Phi) is 2.63. The van der Waals surface area contributed by atoms with Crippen molar-refractivity contribution in [2.24, 2.45) is 0 Å². The molecule has 0 atom stereocenters. The SMILES string of the molecule is COc1cccc2oc(-c3ccc(N)c(C)c3)nc12. The van der Waals surface area contributed by atoms with Gasteiger partial charge in [0.2, 0.25) is 5.89 Å². The zero-order valence-electron chi connectivity index (χ0n) is 10.8. The van der Waals surface area contributed by atoms with Crippen molar-refractivity contribution in [3.8, 4) is 17.2 Å². The van der Waals surface area contributed by atoms with Crippen LogP contribution in [0.25, 0.3) is 22.6 Å². The van der Waals surface area contributed by atoms with Gasteiger partial charge in [-0.25, -0.2) is 4.98 Å². The van der Waals surface area contributed by atoms with E-state index in [0.29, 0.717) is 17.2 Å². The highest BCUT2D eigenvalue weighted by Crippen LogP contribution is 2.30. The molecule has 3 aromatic rings. The zero-order valence-corrected chi connectivity index (χ0v) is 10.8. The van der Waals surface area contributed by atoms with E-state index in [-0.39, 0.29) is 0 Å². The highest BCUT2D eigenvalue weighted by molar-refractivity contribution is 5.82. The molecule has 4 heteroatoms. The first-order valence-electron chi connectivity index (χ1n) is 5.99. The summed E-state index contributed by atoms with van der Waals surface area (Å²) in [6.07, 6.45) is 0. The van der Waals surface area contributed by atoms with Crippen LogP contribution in [0, 0.1) is 6.92 Å². The van der Waals surface area contributed by atoms with Gasteiger partial charge in [-0.15, -0.1) is 0 Å². The average molecular weight is 254 g/mol. The van der Waals surface area contributed by atoms with E-state index in [1.165, 1.54) is 0 Å². The van der Waals surface area contributed by atoms with Crippen LogP contribution in [-0.2, 0) is 0 Å². The number of rotatable bonds is 2. The van der Waals surface area contributed by atoms with Crippen LogP contribution in [0.1, 0.15) is 5.56 Å². The molecule has 1 heterocycles. The molecule has 0 spiro atoms. The van der Waals surface area contributed by atoms with Crippen LogP contribution in [0.3, 0.4) is 0 Å². The Balaban J connectivity index is 2.17. The first-order valence-corrected chi connectivity index (χ1v) is 5.99. The van der Waals surface area contributed by atoms with Gasteiger partial charge in [-0.1, -0.05) is 6.07 Å². The minimum atomic E-state index is 0.572. The minimum absolute atomic E-state index is 0.572. The van der Waals surface area contributed by atoms with Gasteiger partial charge in [0.05, 0.1) is 7.11 Å². The number of hydrogen-bond acceptors (Lipinski definition) is 4. The Bertz CT molecular complexity index is 747. The van der Waals surface area contributed by atoms with Gasteiger partial charge in [0, 0.05) is 11.3 Å². The van der Waals surface area contributed by atoms with Gasteiger partial charge in [0.25, 0.3) is 0 Å². The maximum atomic E-state index is 5.82. The van der Waals surface area contributed by atoms with E-state index in [1.54, 1.807) is 7.11 Å². The normalized spacial score (nSPS) is 10.8. The van der Waals surface area contributed by atoms with E-state index in [1.807, 2.05) is 43.3 Å². The maximum absolute atomic E-state index is 5.82. The molecule has 0 amide bonds. The quantitative estimate of drug-likeness (QED) is 0.712. The molecule has 2 N–H and O–H groups in total. The lowest BCUT2D eigenvalue weighted by Gasteiger charge is -2.01. The number of methoxy groups -OCH3 is 1. The molecule has 0 bridgehead atoms. The van der Waals surface area contributed by atoms with E-state index in [9.17, 15) is 0 Å². The van der Waals surface area contributed by atoms with Crippen molar-refractivity contribution in [2.45, 2.75) is 6.92 Å². The lowest BCUT2D eigenvalue weighted by Crippen LogP contribution is -1.89. The molecule has 3 rings (SSSR count). The molecule has 0 aliphatic heterocycles. The third-order valence-corrected chi connectivity index (χ3v) is 3.12. The predicted molar refractivity (Wildman–Crippen MR) is 75.1 cm³/mol. The number of aromatic nitrogens is 1. The van der Waals surface area contributed by atoms with E-state index in [0.717, 1.165) is 22.3 Å². The molecule has 0 aliphatic rings. The summed E-state index contributed by atoms with van der Waals surface area (Å²) in [5.74, 6) is 1.28. The predicted octanol–water partition coefficient (Wildman–Crippen LogP) is 3.39. The summed E-state index contributed by atoms with van der Waals surface area (Å²) in [5.41, 5.74) is 9.93. The summed E-state index contributed by atoms with van der Waals surface area (Å²) in [4.78, 5) is 4.49. The summed E-state index contributed by atoms with van der Waals surface area (Å²) in [6.45, 7) is 1.96. The van der Waals surface area contributed by atoms with E-state index in [2.05, 4.69) is 4.98 Å². The lowest BCUT2D eigenvalue weighted by atomic mass is 10.1. The summed E-state index contributed by atoms with van der Waals surface area (Å²) in [7, 11) is 1.62. The molecular weight excluding hydrogens is 240 g/mol. The van der Waals surface area contributed by atoms with Gasteiger partial charge in [0.1, 0.15) is 5.75 Å². The summed E-state index contributed by atoms with van der Waals surface area (Å²) < 4.78 is 11.0. The summed E-state index contributed by atoms with van der Waals surface area (Å²) >= 11 is 0. The number of hydrogen-bond donors (Lipinski definition) is 1. The molecule has 0 saturated carbocycles. The maximum Gasteiger partial charge on any atom is 0.227 e. The van der Waals surface area contributed by atoms with Gasteiger partial charge >= 0.3 is 0 Å². The topological polar surface area (TPSA) is 61.3 Å². The van der Waals surface area contributed by atoms with Gasteiger partial charge in [-0.05, 0) is 42.8 Å². The van der Waals surface area contributed by atoms with Crippen LogP contribution in [-0.4, -0.2) is 12.1 Å². The van der Waals surface area contributed by atoms with Crippen molar-refractivity contribution in [3.05, 3.63) is 42.0 Å². The Hall–Kier alpha value is -2.49. The van der Waals surface area contributed by atoms with Crippen LogP contribution >= 0.6 is 0 Å². The molecular formula is C15H14N2O2. The van der Waals surface area contributed by atoms with Crippen molar-refractivity contribution in [3.63, 3.8) is 0 Å². The number of nitrogens with zero attached hydrogens (tertiary/aromatic N) is 1. The van der Waals surface area contributed by atoms with Crippen LogP contribution in [0.5, 0.6) is 5.75 Å². The van der Waals surface area contributed by atoms with E-state index < -0.39 is 0 Å². The van der Waals surface area contributed by atoms with Crippen LogP contribution in [0.2, 0.25) is 0 Å². The van der Waals surface area contributed by atoms with Gasteiger partial charge in [-0.3, -0.25) is 0 Å². The molecule has 0 saturated heterocycles. The number of fused-ring (bicyclic) bond motifs is 1. The number of ether oxygens (including phenoxy) is 1. The number of anilines is 1. The molecule has 19 heavy (non-hydrogen) atoms. The molecule has 0 fully saturated rings. The summed E-state index contributed by atoms with van der Waals surface area (Å²) in [6, 6.07) is 11.3. The Labute approximate surface area is 110 Å². The van der Waals surface area contributed by atoms with Crippen molar-refractivity contribution >= 4 is 16.8 Å². The Morgan fingerprint density at radius 3 is 2.79 bits per heavy atom. The van der Waals surface area contributed by atoms with Crippen LogP contribution in [0.4, 0.5) is 5.69 Å². The fraction of sp³-hybridized carbons (Fsp3) is 0.133. The van der Waals surface area contributed by atoms with Gasteiger partial charge in [-0.2, -0.15) is 0 Å². The fourth-order valence-corrected chi connectivity index (χ4v) is 2.02. The monoisotopic (exact) mass is 254 g/mol. The highest BCUT2D eigenvalue weighted by atomic mass is 16.5. The number of nitrogen functional groups attached to an aromatic ring is 1. The zero-order chi connectivity index (χ0) is 13.4. The molecule has 4 nitrogen and oxygen atoms in total. The fourth-order valence-electron chi connectivity index (χ4n) is 2.02. The molecule has 0 unspecified atom stereocenters. The highest BCUT2D eigenvalue weighted by Gasteiger charge is 2.12. The standard InChI is InChI=1S/C15H14N2O2/c1-9-8-10(6-7-11(9)16)15-17-14-12(18-2)4-3-5-13(14)19-15/h3-8H,16H2,1-2H3. The van der Waals surface area contributed by atoms with Crippen molar-refractivity contribution in [1.29, 1.82) is 0 Å². The number of oxazole rings is 1. The average Bonchev–Trinajstić information content (AvgIpc) is 2.85. The second kappa shape index (κ2) is 4.31. The number of para-hydroxylation sites is 1. The Morgan fingerprint density at radius 2 is 2.05 bits per heavy atom. The number of nitrogens with two attached hydrogens (primary N) is 1. The summed E-state index contributed by atoms with van der Waals surface area (Å²) in [5, 5.41) is 0. The lowest BCUT2D eigenvalue weighted by molar-refractivity contribution is 0.419. The number of aryl methyl sites for hydroxylation is 1. The molecule has 2 aromatic carbocycles. The minimum Gasteiger partial charge on any atom is -0.494 e. The third kappa shape index (κ3) is 1.91. The Morgan fingerprint density at radius 1 is 1.21 bits per heavy atom. The van der Waals surface area contributed by atoms with Crippen LogP contribution in [0.15, 0.2) is 40.8 Å². The second-order valence-electron chi connectivity index (χ2n) is 4.40. The van der Waals surface area contributed by atoms with Crippen molar-refractivity contribution in [2.75, 3.05) is 12.8 Å². The van der Waals surface area contributed by atoms with Gasteiger partial charge in [0.15, 0.2) is 11.1 Å². The first-order chi connectivity index (χ1) is 9.19.